The van der Waals surface area contributed by atoms with Gasteiger partial charge in [-0.25, -0.2) is 4.98 Å². The van der Waals surface area contributed by atoms with Crippen molar-refractivity contribution < 1.29 is 13.0 Å². The Bertz CT molecular complexity index is 655. The predicted molar refractivity (Wildman–Crippen MR) is 70.7 cm³/mol. The van der Waals surface area contributed by atoms with E-state index in [1.54, 1.807) is 18.3 Å². The average Bonchev–Trinajstić information content (AvgIpc) is 2.72. The van der Waals surface area contributed by atoms with E-state index in [1.807, 2.05) is 0 Å². The van der Waals surface area contributed by atoms with Gasteiger partial charge in [-0.05, 0) is 18.2 Å². The van der Waals surface area contributed by atoms with Gasteiger partial charge in [-0.15, -0.1) is 11.3 Å². The molecule has 2 N–H and O–H groups in total. The van der Waals surface area contributed by atoms with Crippen LogP contribution in [0.15, 0.2) is 35.4 Å². The van der Waals surface area contributed by atoms with Crippen molar-refractivity contribution in [3.8, 4) is 0 Å². The number of halogens is 1. The molecule has 96 valence electrons. The first-order valence-electron chi connectivity index (χ1n) is 4.87. The maximum Gasteiger partial charge on any atom is 0.294 e. The van der Waals surface area contributed by atoms with Crippen LogP contribution in [0.4, 0.5) is 5.69 Å². The van der Waals surface area contributed by atoms with E-state index in [2.05, 4.69) is 10.3 Å². The first-order valence-corrected chi connectivity index (χ1v) is 7.50. The van der Waals surface area contributed by atoms with E-state index in [0.717, 1.165) is 4.88 Å². The summed E-state index contributed by atoms with van der Waals surface area (Å²) >= 11 is 7.04. The molecule has 0 saturated heterocycles. The molecule has 1 aromatic carbocycles. The van der Waals surface area contributed by atoms with Crippen molar-refractivity contribution in [1.82, 2.24) is 4.98 Å². The molecule has 5 nitrogen and oxygen atoms in total. The van der Waals surface area contributed by atoms with Gasteiger partial charge < -0.3 is 5.32 Å². The fraction of sp³-hybridized carbons (Fsp3) is 0.100. The SMILES string of the molecule is O=S(=O)(O)c1cccc(NCc2cnc(Cl)s2)c1. The molecule has 1 heterocycles. The summed E-state index contributed by atoms with van der Waals surface area (Å²) < 4.78 is 31.3. The molecule has 0 spiro atoms. The van der Waals surface area contributed by atoms with Crippen LogP contribution in [0, 0.1) is 0 Å². The van der Waals surface area contributed by atoms with Gasteiger partial charge in [0.2, 0.25) is 0 Å². The van der Waals surface area contributed by atoms with Crippen molar-refractivity contribution in [1.29, 1.82) is 0 Å². The highest BCUT2D eigenvalue weighted by molar-refractivity contribution is 7.85. The molecule has 2 aromatic rings. The molecule has 0 atom stereocenters. The fourth-order valence-corrected chi connectivity index (χ4v) is 2.77. The Morgan fingerprint density at radius 1 is 1.44 bits per heavy atom. The van der Waals surface area contributed by atoms with Gasteiger partial charge in [-0.1, -0.05) is 17.7 Å². The van der Waals surface area contributed by atoms with Gasteiger partial charge >= 0.3 is 0 Å². The fourth-order valence-electron chi connectivity index (χ4n) is 1.32. The molecule has 0 unspecified atom stereocenters. The van der Waals surface area contributed by atoms with Crippen molar-refractivity contribution in [3.63, 3.8) is 0 Å². The summed E-state index contributed by atoms with van der Waals surface area (Å²) in [5.41, 5.74) is 0.592. The minimum Gasteiger partial charge on any atom is -0.380 e. The van der Waals surface area contributed by atoms with E-state index < -0.39 is 10.1 Å². The number of rotatable bonds is 4. The van der Waals surface area contributed by atoms with Gasteiger partial charge in [0.25, 0.3) is 10.1 Å². The lowest BCUT2D eigenvalue weighted by Crippen LogP contribution is -2.01. The summed E-state index contributed by atoms with van der Waals surface area (Å²) in [6.45, 7) is 0.485. The molecule has 0 bridgehead atoms. The summed E-state index contributed by atoms with van der Waals surface area (Å²) in [5, 5.41) is 3.02. The molecular formula is C10H9ClN2O3S2. The Morgan fingerprint density at radius 2 is 2.22 bits per heavy atom. The van der Waals surface area contributed by atoms with E-state index in [-0.39, 0.29) is 4.90 Å². The van der Waals surface area contributed by atoms with E-state index in [0.29, 0.717) is 16.7 Å². The third kappa shape index (κ3) is 3.42. The molecule has 2 rings (SSSR count). The molecule has 0 fully saturated rings. The maximum absolute atomic E-state index is 11.0. The molecule has 0 amide bonds. The Hall–Kier alpha value is -1.15. The van der Waals surface area contributed by atoms with Gasteiger partial charge in [0.05, 0.1) is 11.4 Å². The molecule has 0 aliphatic carbocycles. The minimum absolute atomic E-state index is 0.144. The van der Waals surface area contributed by atoms with Crippen LogP contribution in [0.25, 0.3) is 0 Å². The second-order valence-electron chi connectivity index (χ2n) is 3.44. The molecule has 0 aliphatic rings. The number of nitrogens with one attached hydrogen (secondary N) is 1. The van der Waals surface area contributed by atoms with Gasteiger partial charge in [0.15, 0.2) is 4.47 Å². The number of aromatic nitrogens is 1. The lowest BCUT2D eigenvalue weighted by molar-refractivity contribution is 0.483. The van der Waals surface area contributed by atoms with Crippen molar-refractivity contribution in [2.45, 2.75) is 11.4 Å². The van der Waals surface area contributed by atoms with Crippen molar-refractivity contribution >= 4 is 38.7 Å². The summed E-state index contributed by atoms with van der Waals surface area (Å²) in [7, 11) is -4.18. The maximum atomic E-state index is 11.0. The van der Waals surface area contributed by atoms with Crippen LogP contribution in [-0.4, -0.2) is 18.0 Å². The van der Waals surface area contributed by atoms with Crippen LogP contribution in [-0.2, 0) is 16.7 Å². The number of hydrogen-bond acceptors (Lipinski definition) is 5. The molecular weight excluding hydrogens is 296 g/mol. The number of hydrogen-bond donors (Lipinski definition) is 2. The van der Waals surface area contributed by atoms with Crippen molar-refractivity contribution in [3.05, 3.63) is 39.8 Å². The zero-order chi connectivity index (χ0) is 13.2. The number of benzene rings is 1. The first kappa shape index (κ1) is 13.3. The zero-order valence-electron chi connectivity index (χ0n) is 9.00. The molecule has 0 aliphatic heterocycles. The van der Waals surface area contributed by atoms with E-state index in [9.17, 15) is 8.42 Å². The second kappa shape index (κ2) is 5.23. The quantitative estimate of drug-likeness (QED) is 0.849. The Labute approximate surface area is 113 Å². The normalized spacial score (nSPS) is 11.4. The Morgan fingerprint density at radius 3 is 2.83 bits per heavy atom. The molecule has 1 aromatic heterocycles. The first-order chi connectivity index (χ1) is 8.45. The molecule has 0 radical (unpaired) electrons. The van der Waals surface area contributed by atoms with Crippen LogP contribution < -0.4 is 5.32 Å². The summed E-state index contributed by atoms with van der Waals surface area (Å²) in [5.74, 6) is 0. The standard InChI is InChI=1S/C10H9ClN2O3S2/c11-10-13-6-8(17-10)5-12-7-2-1-3-9(4-7)18(14,15)16/h1-4,6,12H,5H2,(H,14,15,16). The Balaban J connectivity index is 2.11. The monoisotopic (exact) mass is 304 g/mol. The average molecular weight is 305 g/mol. The van der Waals surface area contributed by atoms with E-state index >= 15 is 0 Å². The summed E-state index contributed by atoms with van der Waals surface area (Å²) in [4.78, 5) is 4.68. The number of nitrogens with zero attached hydrogens (tertiary/aromatic N) is 1. The summed E-state index contributed by atoms with van der Waals surface area (Å²) in [6.07, 6.45) is 1.65. The van der Waals surface area contributed by atoms with Crippen LogP contribution in [0.3, 0.4) is 0 Å². The van der Waals surface area contributed by atoms with Crippen LogP contribution >= 0.6 is 22.9 Å². The van der Waals surface area contributed by atoms with Crippen LogP contribution in [0.1, 0.15) is 4.88 Å². The van der Waals surface area contributed by atoms with Crippen LogP contribution in [0.5, 0.6) is 0 Å². The predicted octanol–water partition coefficient (Wildman–Crippen LogP) is 2.66. The highest BCUT2D eigenvalue weighted by atomic mass is 35.5. The van der Waals surface area contributed by atoms with Crippen molar-refractivity contribution in [2.24, 2.45) is 0 Å². The zero-order valence-corrected chi connectivity index (χ0v) is 11.4. The van der Waals surface area contributed by atoms with Gasteiger partial charge in [-0.3, -0.25) is 4.55 Å². The van der Waals surface area contributed by atoms with E-state index in [4.69, 9.17) is 16.2 Å². The third-order valence-electron chi connectivity index (χ3n) is 2.12. The lowest BCUT2D eigenvalue weighted by atomic mass is 10.3. The second-order valence-corrected chi connectivity index (χ2v) is 6.55. The minimum atomic E-state index is -4.18. The van der Waals surface area contributed by atoms with Crippen molar-refractivity contribution in [2.75, 3.05) is 5.32 Å². The summed E-state index contributed by atoms with van der Waals surface area (Å²) in [6, 6.07) is 5.93. The highest BCUT2D eigenvalue weighted by Crippen LogP contribution is 2.20. The van der Waals surface area contributed by atoms with Gasteiger partial charge in [0, 0.05) is 16.8 Å². The Kier molecular flexibility index (Phi) is 3.86. The lowest BCUT2D eigenvalue weighted by Gasteiger charge is -2.05. The third-order valence-corrected chi connectivity index (χ3v) is 4.09. The van der Waals surface area contributed by atoms with E-state index in [1.165, 1.54) is 23.5 Å². The topological polar surface area (TPSA) is 79.3 Å². The number of thiazole rings is 1. The molecule has 8 heteroatoms. The van der Waals surface area contributed by atoms with Gasteiger partial charge in [0.1, 0.15) is 0 Å². The van der Waals surface area contributed by atoms with Crippen LogP contribution in [0.2, 0.25) is 4.47 Å². The largest absolute Gasteiger partial charge is 0.380 e. The molecule has 18 heavy (non-hydrogen) atoms. The smallest absolute Gasteiger partial charge is 0.294 e. The highest BCUT2D eigenvalue weighted by Gasteiger charge is 2.09. The molecule has 0 saturated carbocycles. The van der Waals surface area contributed by atoms with Gasteiger partial charge in [-0.2, -0.15) is 8.42 Å². The number of anilines is 1.